The molecule has 0 spiro atoms. The van der Waals surface area contributed by atoms with Gasteiger partial charge in [-0.15, -0.1) is 0 Å². The minimum absolute atomic E-state index is 0.395. The number of anilines is 2. The fourth-order valence-electron chi connectivity index (χ4n) is 2.70. The van der Waals surface area contributed by atoms with Crippen molar-refractivity contribution in [3.05, 3.63) is 17.8 Å². The average molecular weight is 263 g/mol. The molecular weight excluding hydrogens is 242 g/mol. The lowest BCUT2D eigenvalue weighted by Crippen LogP contribution is -2.34. The first-order chi connectivity index (χ1) is 8.90. The number of nitrogens with two attached hydrogens (primary N) is 2. The molecule has 104 valence electrons. The lowest BCUT2D eigenvalue weighted by atomic mass is 10.1. The van der Waals surface area contributed by atoms with E-state index in [1.54, 1.807) is 12.3 Å². The van der Waals surface area contributed by atoms with Crippen LogP contribution in [0.15, 0.2) is 12.3 Å². The summed E-state index contributed by atoms with van der Waals surface area (Å²) in [6, 6.07) is 2.04. The van der Waals surface area contributed by atoms with Crippen molar-refractivity contribution in [2.45, 2.75) is 13.0 Å². The van der Waals surface area contributed by atoms with Crippen LogP contribution in [0.4, 0.5) is 11.5 Å². The number of hydrogen-bond donors (Lipinski definition) is 2. The number of amides is 1. The smallest absolute Gasteiger partial charge is 0.252 e. The first kappa shape index (κ1) is 13.6. The Morgan fingerprint density at radius 1 is 1.47 bits per heavy atom. The molecule has 4 N–H and O–H groups in total. The molecule has 6 nitrogen and oxygen atoms in total. The van der Waals surface area contributed by atoms with Crippen LogP contribution in [0.3, 0.4) is 0 Å². The van der Waals surface area contributed by atoms with Crippen molar-refractivity contribution in [1.82, 2.24) is 9.88 Å². The van der Waals surface area contributed by atoms with Crippen LogP contribution in [-0.4, -0.2) is 49.0 Å². The van der Waals surface area contributed by atoms with Crippen LogP contribution >= 0.6 is 0 Å². The van der Waals surface area contributed by atoms with E-state index < -0.39 is 5.91 Å². The van der Waals surface area contributed by atoms with Gasteiger partial charge in [-0.05, 0) is 26.1 Å². The Hall–Kier alpha value is -1.82. The van der Waals surface area contributed by atoms with E-state index in [4.69, 9.17) is 11.5 Å². The van der Waals surface area contributed by atoms with Gasteiger partial charge in [0.25, 0.3) is 5.91 Å². The van der Waals surface area contributed by atoms with Crippen molar-refractivity contribution in [2.24, 2.45) is 11.7 Å². The molecule has 1 aliphatic rings. The van der Waals surface area contributed by atoms with Crippen LogP contribution in [-0.2, 0) is 0 Å². The maximum atomic E-state index is 11.5. The van der Waals surface area contributed by atoms with E-state index in [0.717, 1.165) is 13.1 Å². The van der Waals surface area contributed by atoms with Gasteiger partial charge in [0.2, 0.25) is 0 Å². The van der Waals surface area contributed by atoms with Gasteiger partial charge in [0.15, 0.2) is 0 Å². The summed E-state index contributed by atoms with van der Waals surface area (Å²) < 4.78 is 0. The van der Waals surface area contributed by atoms with Gasteiger partial charge in [-0.1, -0.05) is 6.92 Å². The van der Waals surface area contributed by atoms with Crippen molar-refractivity contribution in [3.63, 3.8) is 0 Å². The van der Waals surface area contributed by atoms with Crippen LogP contribution < -0.4 is 16.4 Å². The highest BCUT2D eigenvalue weighted by Crippen LogP contribution is 2.27. The van der Waals surface area contributed by atoms with Crippen molar-refractivity contribution in [2.75, 3.05) is 37.8 Å². The highest BCUT2D eigenvalue weighted by atomic mass is 16.1. The minimum atomic E-state index is -0.490. The molecule has 0 bridgehead atoms. The van der Waals surface area contributed by atoms with Crippen LogP contribution in [0.5, 0.6) is 0 Å². The largest absolute Gasteiger partial charge is 0.397 e. The van der Waals surface area contributed by atoms with Crippen molar-refractivity contribution < 1.29 is 4.79 Å². The summed E-state index contributed by atoms with van der Waals surface area (Å²) in [6.45, 7) is 3.90. The monoisotopic (exact) mass is 263 g/mol. The van der Waals surface area contributed by atoms with Crippen LogP contribution in [0.2, 0.25) is 0 Å². The van der Waals surface area contributed by atoms with E-state index in [1.807, 2.05) is 0 Å². The Morgan fingerprint density at radius 3 is 2.68 bits per heavy atom. The number of rotatable bonds is 3. The maximum absolute atomic E-state index is 11.5. The van der Waals surface area contributed by atoms with Gasteiger partial charge in [0.1, 0.15) is 5.82 Å². The van der Waals surface area contributed by atoms with Gasteiger partial charge in [-0.3, -0.25) is 4.79 Å². The predicted molar refractivity (Wildman–Crippen MR) is 76.0 cm³/mol. The topological polar surface area (TPSA) is 88.5 Å². The Kier molecular flexibility index (Phi) is 3.61. The fraction of sp³-hybridized carbons (Fsp3) is 0.538. The molecule has 19 heavy (non-hydrogen) atoms. The quantitative estimate of drug-likeness (QED) is 0.810. The minimum Gasteiger partial charge on any atom is -0.397 e. The van der Waals surface area contributed by atoms with E-state index in [2.05, 4.69) is 35.8 Å². The molecule has 1 saturated heterocycles. The molecule has 0 aromatic carbocycles. The average Bonchev–Trinajstić information content (AvgIpc) is 2.71. The molecule has 1 amide bonds. The van der Waals surface area contributed by atoms with Gasteiger partial charge in [0, 0.05) is 19.1 Å². The number of primary amides is 1. The lowest BCUT2D eigenvalue weighted by Gasteiger charge is -2.23. The molecule has 2 rings (SSSR count). The maximum Gasteiger partial charge on any atom is 0.252 e. The second-order valence-corrected chi connectivity index (χ2v) is 5.42. The van der Waals surface area contributed by atoms with Gasteiger partial charge >= 0.3 is 0 Å². The summed E-state index contributed by atoms with van der Waals surface area (Å²) >= 11 is 0. The van der Waals surface area contributed by atoms with E-state index in [-0.39, 0.29) is 0 Å². The van der Waals surface area contributed by atoms with Gasteiger partial charge in [-0.25, -0.2) is 4.98 Å². The molecule has 2 atom stereocenters. The number of nitrogens with zero attached hydrogens (tertiary/aromatic N) is 3. The molecule has 1 fully saturated rings. The first-order valence-corrected chi connectivity index (χ1v) is 6.37. The normalized spacial score (nSPS) is 23.1. The summed E-state index contributed by atoms with van der Waals surface area (Å²) in [5, 5.41) is 0. The van der Waals surface area contributed by atoms with E-state index >= 15 is 0 Å². The van der Waals surface area contributed by atoms with Crippen LogP contribution in [0, 0.1) is 5.92 Å². The summed E-state index contributed by atoms with van der Waals surface area (Å²) in [6.07, 6.45) is 1.56. The second-order valence-electron chi connectivity index (χ2n) is 5.42. The van der Waals surface area contributed by atoms with Crippen LogP contribution in [0.1, 0.15) is 17.3 Å². The fourth-order valence-corrected chi connectivity index (χ4v) is 2.70. The number of likely N-dealkylation sites (N-methyl/N-ethyl adjacent to an activating group) is 1. The molecule has 0 aliphatic carbocycles. The molecule has 1 aromatic rings. The number of hydrogen-bond acceptors (Lipinski definition) is 5. The zero-order valence-electron chi connectivity index (χ0n) is 11.6. The zero-order chi connectivity index (χ0) is 14.2. The summed E-state index contributed by atoms with van der Waals surface area (Å²) in [5.74, 6) is 0.656. The Bertz CT molecular complexity index is 488. The van der Waals surface area contributed by atoms with E-state index in [1.165, 1.54) is 0 Å². The summed E-state index contributed by atoms with van der Waals surface area (Å²) in [7, 11) is 4.13. The first-order valence-electron chi connectivity index (χ1n) is 6.37. The van der Waals surface area contributed by atoms with E-state index in [0.29, 0.717) is 29.0 Å². The number of aromatic nitrogens is 1. The lowest BCUT2D eigenvalue weighted by molar-refractivity contribution is 0.100. The zero-order valence-corrected chi connectivity index (χ0v) is 11.6. The number of carbonyl (C=O) groups is 1. The third-order valence-electron chi connectivity index (χ3n) is 3.69. The van der Waals surface area contributed by atoms with Crippen molar-refractivity contribution in [1.29, 1.82) is 0 Å². The molecule has 2 heterocycles. The Labute approximate surface area is 113 Å². The Balaban J connectivity index is 2.31. The van der Waals surface area contributed by atoms with Crippen molar-refractivity contribution in [3.8, 4) is 0 Å². The summed E-state index contributed by atoms with van der Waals surface area (Å²) in [5.41, 5.74) is 11.9. The van der Waals surface area contributed by atoms with Crippen LogP contribution in [0.25, 0.3) is 0 Å². The van der Waals surface area contributed by atoms with Gasteiger partial charge < -0.3 is 21.3 Å². The molecule has 1 aliphatic heterocycles. The van der Waals surface area contributed by atoms with Gasteiger partial charge in [0.05, 0.1) is 17.4 Å². The standard InChI is InChI=1S/C13H21N5O/c1-8-6-18(7-11(8)17(2)3)13-10(12(15)19)4-9(14)5-16-13/h4-5,8,11H,6-7,14H2,1-3H3,(H2,15,19). The third-order valence-corrected chi connectivity index (χ3v) is 3.69. The number of carbonyl (C=O) groups excluding carboxylic acids is 1. The number of pyridine rings is 1. The summed E-state index contributed by atoms with van der Waals surface area (Å²) in [4.78, 5) is 20.1. The highest BCUT2D eigenvalue weighted by molar-refractivity contribution is 5.98. The highest BCUT2D eigenvalue weighted by Gasteiger charge is 2.33. The molecular formula is C13H21N5O. The van der Waals surface area contributed by atoms with Gasteiger partial charge in [-0.2, -0.15) is 0 Å². The predicted octanol–water partition coefficient (Wildman–Crippen LogP) is 0.149. The third kappa shape index (κ3) is 2.63. The molecule has 6 heteroatoms. The van der Waals surface area contributed by atoms with E-state index in [9.17, 15) is 4.79 Å². The molecule has 0 saturated carbocycles. The second kappa shape index (κ2) is 5.05. The molecule has 1 aromatic heterocycles. The Morgan fingerprint density at radius 2 is 2.16 bits per heavy atom. The SMILES string of the molecule is CC1CN(c2ncc(N)cc2C(N)=O)CC1N(C)C. The molecule has 0 radical (unpaired) electrons. The molecule has 2 unspecified atom stereocenters. The van der Waals surface area contributed by atoms with Crippen molar-refractivity contribution >= 4 is 17.4 Å². The number of nitrogen functional groups attached to an aromatic ring is 1.